The SMILES string of the molecule is Cl.NC(Cc1ccccc1)C(=O)NCCn1cccn1. The van der Waals surface area contributed by atoms with Gasteiger partial charge in [-0.05, 0) is 18.1 Å². The topological polar surface area (TPSA) is 72.9 Å². The van der Waals surface area contributed by atoms with Crippen LogP contribution in [-0.4, -0.2) is 28.3 Å². The standard InChI is InChI=1S/C14H18N4O.ClH/c15-13(11-12-5-2-1-3-6-12)14(19)16-8-10-18-9-4-7-17-18;/h1-7,9,13H,8,10-11,15H2,(H,16,19);1H. The van der Waals surface area contributed by atoms with Crippen molar-refractivity contribution in [2.24, 2.45) is 5.73 Å². The molecule has 1 heterocycles. The fourth-order valence-electron chi connectivity index (χ4n) is 1.82. The summed E-state index contributed by atoms with van der Waals surface area (Å²) in [5.74, 6) is -0.129. The van der Waals surface area contributed by atoms with Gasteiger partial charge in [-0.2, -0.15) is 5.10 Å². The first-order valence-corrected chi connectivity index (χ1v) is 6.30. The van der Waals surface area contributed by atoms with Gasteiger partial charge in [-0.3, -0.25) is 9.48 Å². The zero-order valence-electron chi connectivity index (χ0n) is 11.1. The number of rotatable bonds is 6. The normalized spacial score (nSPS) is 11.4. The Labute approximate surface area is 124 Å². The number of nitrogens with two attached hydrogens (primary N) is 1. The smallest absolute Gasteiger partial charge is 0.237 e. The molecule has 1 unspecified atom stereocenters. The lowest BCUT2D eigenvalue weighted by Crippen LogP contribution is -2.43. The second kappa shape index (κ2) is 8.35. The number of aromatic nitrogens is 2. The van der Waals surface area contributed by atoms with E-state index >= 15 is 0 Å². The molecule has 0 saturated carbocycles. The molecule has 0 aliphatic rings. The Morgan fingerprint density at radius 1 is 1.30 bits per heavy atom. The first-order valence-electron chi connectivity index (χ1n) is 6.30. The zero-order valence-corrected chi connectivity index (χ0v) is 11.9. The molecule has 6 heteroatoms. The van der Waals surface area contributed by atoms with Crippen molar-refractivity contribution in [3.8, 4) is 0 Å². The Hall–Kier alpha value is -1.85. The van der Waals surface area contributed by atoms with E-state index in [-0.39, 0.29) is 18.3 Å². The molecule has 1 amide bonds. The van der Waals surface area contributed by atoms with Crippen LogP contribution >= 0.6 is 12.4 Å². The third-order valence-corrected chi connectivity index (χ3v) is 2.83. The minimum absolute atomic E-state index is 0. The van der Waals surface area contributed by atoms with Crippen LogP contribution in [0.5, 0.6) is 0 Å². The van der Waals surface area contributed by atoms with E-state index in [2.05, 4.69) is 10.4 Å². The van der Waals surface area contributed by atoms with Crippen LogP contribution in [0, 0.1) is 0 Å². The number of amides is 1. The van der Waals surface area contributed by atoms with Crippen molar-refractivity contribution in [3.05, 3.63) is 54.4 Å². The molecule has 1 atom stereocenters. The van der Waals surface area contributed by atoms with Crippen LogP contribution in [0.3, 0.4) is 0 Å². The van der Waals surface area contributed by atoms with E-state index in [0.29, 0.717) is 19.5 Å². The van der Waals surface area contributed by atoms with Gasteiger partial charge in [0.1, 0.15) is 0 Å². The molecule has 1 aromatic heterocycles. The van der Waals surface area contributed by atoms with E-state index in [1.807, 2.05) is 42.6 Å². The molecule has 108 valence electrons. The first kappa shape index (κ1) is 16.2. The van der Waals surface area contributed by atoms with Crippen LogP contribution in [0.4, 0.5) is 0 Å². The Morgan fingerprint density at radius 3 is 2.70 bits per heavy atom. The highest BCUT2D eigenvalue weighted by molar-refractivity contribution is 5.85. The molecular formula is C14H19ClN4O. The van der Waals surface area contributed by atoms with Crippen molar-refractivity contribution in [1.82, 2.24) is 15.1 Å². The highest BCUT2D eigenvalue weighted by Gasteiger charge is 2.13. The van der Waals surface area contributed by atoms with Gasteiger partial charge in [0.05, 0.1) is 12.6 Å². The van der Waals surface area contributed by atoms with Gasteiger partial charge in [-0.1, -0.05) is 30.3 Å². The van der Waals surface area contributed by atoms with E-state index in [1.165, 1.54) is 0 Å². The molecule has 20 heavy (non-hydrogen) atoms. The van der Waals surface area contributed by atoms with E-state index in [0.717, 1.165) is 5.56 Å². The molecule has 0 spiro atoms. The number of benzene rings is 1. The Kier molecular flexibility index (Phi) is 6.76. The maximum Gasteiger partial charge on any atom is 0.237 e. The van der Waals surface area contributed by atoms with Crippen molar-refractivity contribution in [3.63, 3.8) is 0 Å². The van der Waals surface area contributed by atoms with Crippen LogP contribution in [0.15, 0.2) is 48.8 Å². The lowest BCUT2D eigenvalue weighted by molar-refractivity contribution is -0.122. The van der Waals surface area contributed by atoms with Crippen molar-refractivity contribution >= 4 is 18.3 Å². The largest absolute Gasteiger partial charge is 0.353 e. The van der Waals surface area contributed by atoms with E-state index in [1.54, 1.807) is 10.9 Å². The van der Waals surface area contributed by atoms with Gasteiger partial charge >= 0.3 is 0 Å². The van der Waals surface area contributed by atoms with Gasteiger partial charge in [0, 0.05) is 18.9 Å². The van der Waals surface area contributed by atoms with Gasteiger partial charge < -0.3 is 11.1 Å². The van der Waals surface area contributed by atoms with Crippen molar-refractivity contribution < 1.29 is 4.79 Å². The van der Waals surface area contributed by atoms with E-state index in [9.17, 15) is 4.79 Å². The summed E-state index contributed by atoms with van der Waals surface area (Å²) in [5, 5.41) is 6.88. The van der Waals surface area contributed by atoms with Gasteiger partial charge in [0.15, 0.2) is 0 Å². The number of carbonyl (C=O) groups is 1. The second-order valence-corrected chi connectivity index (χ2v) is 4.36. The number of hydrogen-bond donors (Lipinski definition) is 2. The van der Waals surface area contributed by atoms with Gasteiger partial charge in [0.25, 0.3) is 0 Å². The Balaban J connectivity index is 0.00000200. The average molecular weight is 295 g/mol. The summed E-state index contributed by atoms with van der Waals surface area (Å²) < 4.78 is 1.77. The predicted octanol–water partition coefficient (Wildman–Crippen LogP) is 0.991. The lowest BCUT2D eigenvalue weighted by atomic mass is 10.1. The third-order valence-electron chi connectivity index (χ3n) is 2.83. The van der Waals surface area contributed by atoms with Crippen LogP contribution < -0.4 is 11.1 Å². The summed E-state index contributed by atoms with van der Waals surface area (Å²) in [6.07, 6.45) is 4.12. The monoisotopic (exact) mass is 294 g/mol. The molecule has 0 bridgehead atoms. The predicted molar refractivity (Wildman–Crippen MR) is 80.6 cm³/mol. The molecule has 1 aromatic carbocycles. The van der Waals surface area contributed by atoms with Gasteiger partial charge in [-0.25, -0.2) is 0 Å². The summed E-state index contributed by atoms with van der Waals surface area (Å²) in [6.45, 7) is 1.18. The maximum absolute atomic E-state index is 11.8. The molecule has 2 rings (SSSR count). The number of halogens is 1. The lowest BCUT2D eigenvalue weighted by Gasteiger charge is -2.12. The Morgan fingerprint density at radius 2 is 2.05 bits per heavy atom. The van der Waals surface area contributed by atoms with E-state index < -0.39 is 6.04 Å². The molecule has 0 radical (unpaired) electrons. The highest BCUT2D eigenvalue weighted by atomic mass is 35.5. The molecule has 5 nitrogen and oxygen atoms in total. The number of carbonyl (C=O) groups excluding carboxylic acids is 1. The van der Waals surface area contributed by atoms with Crippen molar-refractivity contribution in [1.29, 1.82) is 0 Å². The van der Waals surface area contributed by atoms with Gasteiger partial charge in [-0.15, -0.1) is 12.4 Å². The molecule has 0 aliphatic heterocycles. The van der Waals surface area contributed by atoms with Gasteiger partial charge in [0.2, 0.25) is 5.91 Å². The molecule has 0 saturated heterocycles. The van der Waals surface area contributed by atoms with Crippen molar-refractivity contribution in [2.45, 2.75) is 19.0 Å². The highest BCUT2D eigenvalue weighted by Crippen LogP contribution is 2.01. The van der Waals surface area contributed by atoms with E-state index in [4.69, 9.17) is 5.73 Å². The van der Waals surface area contributed by atoms with Crippen molar-refractivity contribution in [2.75, 3.05) is 6.54 Å². The van der Waals surface area contributed by atoms with Crippen LogP contribution in [0.1, 0.15) is 5.56 Å². The number of nitrogens with one attached hydrogen (secondary N) is 1. The fraction of sp³-hybridized carbons (Fsp3) is 0.286. The number of hydrogen-bond acceptors (Lipinski definition) is 3. The second-order valence-electron chi connectivity index (χ2n) is 4.36. The fourth-order valence-corrected chi connectivity index (χ4v) is 1.82. The van der Waals surface area contributed by atoms with Crippen LogP contribution in [0.2, 0.25) is 0 Å². The summed E-state index contributed by atoms with van der Waals surface area (Å²) in [5.41, 5.74) is 6.94. The quantitative estimate of drug-likeness (QED) is 0.834. The first-order chi connectivity index (χ1) is 9.25. The molecule has 0 fully saturated rings. The molecule has 2 aromatic rings. The summed E-state index contributed by atoms with van der Waals surface area (Å²) in [6, 6.07) is 11.1. The maximum atomic E-state index is 11.8. The average Bonchev–Trinajstić information content (AvgIpc) is 2.93. The number of nitrogens with zero attached hydrogens (tertiary/aromatic N) is 2. The van der Waals surface area contributed by atoms with Crippen LogP contribution in [0.25, 0.3) is 0 Å². The summed E-state index contributed by atoms with van der Waals surface area (Å²) in [7, 11) is 0. The minimum atomic E-state index is -0.514. The summed E-state index contributed by atoms with van der Waals surface area (Å²) in [4.78, 5) is 11.8. The zero-order chi connectivity index (χ0) is 13.5. The molecule has 0 aliphatic carbocycles. The Bertz CT molecular complexity index is 501. The van der Waals surface area contributed by atoms with Crippen LogP contribution in [-0.2, 0) is 17.8 Å². The third kappa shape index (κ3) is 5.03. The minimum Gasteiger partial charge on any atom is -0.353 e. The molecule has 3 N–H and O–H groups in total. The molecular weight excluding hydrogens is 276 g/mol. The summed E-state index contributed by atoms with van der Waals surface area (Å²) >= 11 is 0.